The number of nitrogens with one attached hydrogen (secondary N) is 1. The van der Waals surface area contributed by atoms with Crippen LogP contribution in [0.25, 0.3) is 11.8 Å². The Morgan fingerprint density at radius 3 is 2.54 bits per heavy atom. The maximum atomic E-state index is 13.4. The molecule has 12 heteroatoms. The highest BCUT2D eigenvalue weighted by atomic mass is 32.1. The summed E-state index contributed by atoms with van der Waals surface area (Å²) in [7, 11) is 1.41. The van der Waals surface area contributed by atoms with Crippen molar-refractivity contribution in [2.45, 2.75) is 13.8 Å². The summed E-state index contributed by atoms with van der Waals surface area (Å²) in [6.07, 6.45) is 1.38. The second-order valence-corrected chi connectivity index (χ2v) is 8.47. The lowest BCUT2D eigenvalue weighted by molar-refractivity contribution is -0.384. The van der Waals surface area contributed by atoms with E-state index in [9.17, 15) is 29.6 Å². The fourth-order valence-corrected chi connectivity index (χ4v) is 4.38. The maximum absolute atomic E-state index is 13.4. The summed E-state index contributed by atoms with van der Waals surface area (Å²) in [4.78, 5) is 49.8. The predicted molar refractivity (Wildman–Crippen MR) is 138 cm³/mol. The minimum atomic E-state index is -1.18. The number of thiocarbonyl (C=S) groups is 1. The largest absolute Gasteiger partial charge is 0.496 e. The molecule has 0 spiro atoms. The number of anilines is 1. The zero-order valence-electron chi connectivity index (χ0n) is 19.8. The molecule has 0 radical (unpaired) electrons. The molecule has 0 atom stereocenters. The lowest BCUT2D eigenvalue weighted by Gasteiger charge is -2.29. The summed E-state index contributed by atoms with van der Waals surface area (Å²) < 4.78 is 6.76. The second kappa shape index (κ2) is 9.66. The Balaban J connectivity index is 1.80. The third-order valence-corrected chi connectivity index (χ3v) is 6.13. The second-order valence-electron chi connectivity index (χ2n) is 8.09. The number of benzene rings is 2. The van der Waals surface area contributed by atoms with Gasteiger partial charge in [-0.05, 0) is 74.1 Å². The Labute approximate surface area is 215 Å². The number of ether oxygens (including phenoxy) is 1. The monoisotopic (exact) mass is 520 g/mol. The molecule has 3 aromatic rings. The first kappa shape index (κ1) is 25.3. The molecule has 1 aliphatic heterocycles. The van der Waals surface area contributed by atoms with Crippen molar-refractivity contribution >= 4 is 52.6 Å². The van der Waals surface area contributed by atoms with E-state index in [0.717, 1.165) is 4.90 Å². The fourth-order valence-electron chi connectivity index (χ4n) is 4.10. The molecule has 2 amide bonds. The van der Waals surface area contributed by atoms with Crippen molar-refractivity contribution in [2.75, 3.05) is 12.0 Å². The number of nitro benzene ring substituents is 1. The minimum Gasteiger partial charge on any atom is -0.496 e. The predicted octanol–water partition coefficient (Wildman–Crippen LogP) is 3.54. The third kappa shape index (κ3) is 4.57. The number of carboxylic acids is 1. The van der Waals surface area contributed by atoms with Gasteiger partial charge in [0.25, 0.3) is 17.5 Å². The molecule has 37 heavy (non-hydrogen) atoms. The van der Waals surface area contributed by atoms with E-state index in [1.165, 1.54) is 43.5 Å². The molecule has 1 aliphatic rings. The number of hydrogen-bond donors (Lipinski definition) is 2. The van der Waals surface area contributed by atoms with E-state index in [1.807, 2.05) is 0 Å². The normalized spacial score (nSPS) is 14.6. The van der Waals surface area contributed by atoms with Gasteiger partial charge in [0.1, 0.15) is 17.0 Å². The molecule has 1 fully saturated rings. The third-order valence-electron chi connectivity index (χ3n) is 5.84. The molecule has 0 saturated carbocycles. The molecule has 2 heterocycles. The van der Waals surface area contributed by atoms with Crippen LogP contribution in [0.4, 0.5) is 11.4 Å². The highest BCUT2D eigenvalue weighted by Gasteiger charge is 2.35. The summed E-state index contributed by atoms with van der Waals surface area (Å²) in [6.45, 7) is 3.45. The number of nitrogens with zero attached hydrogens (tertiary/aromatic N) is 3. The molecule has 1 aromatic heterocycles. The Hall–Kier alpha value is -4.84. The summed E-state index contributed by atoms with van der Waals surface area (Å²) in [5.41, 5.74) is 1.65. The van der Waals surface area contributed by atoms with E-state index in [-0.39, 0.29) is 33.3 Å². The van der Waals surface area contributed by atoms with E-state index >= 15 is 0 Å². The van der Waals surface area contributed by atoms with Crippen molar-refractivity contribution in [1.29, 1.82) is 0 Å². The van der Waals surface area contributed by atoms with E-state index in [0.29, 0.717) is 22.7 Å². The number of methoxy groups -OCH3 is 1. The van der Waals surface area contributed by atoms with E-state index in [2.05, 4.69) is 5.32 Å². The average molecular weight is 521 g/mol. The van der Waals surface area contributed by atoms with Crippen LogP contribution in [0, 0.1) is 24.0 Å². The Kier molecular flexibility index (Phi) is 6.60. The van der Waals surface area contributed by atoms with Gasteiger partial charge in [0, 0.05) is 11.4 Å². The first-order valence-corrected chi connectivity index (χ1v) is 11.2. The van der Waals surface area contributed by atoms with Gasteiger partial charge < -0.3 is 14.4 Å². The molecule has 0 unspecified atom stereocenters. The molecule has 0 bridgehead atoms. The standard InChI is InChI=1S/C25H20N4O7S/c1-13-9-16(14(2)27(13)20-8-7-18(36-3)12-21(20)29(34)35)11-19-22(30)26-25(37)28(23(19)31)17-6-4-5-15(10-17)24(32)33/h4-12H,1-3H3,(H,32,33)(H,26,30,37). The van der Waals surface area contributed by atoms with Crippen molar-refractivity contribution < 1.29 is 29.2 Å². The summed E-state index contributed by atoms with van der Waals surface area (Å²) in [5.74, 6) is -2.32. The van der Waals surface area contributed by atoms with Gasteiger partial charge in [-0.15, -0.1) is 0 Å². The fraction of sp³-hybridized carbons (Fsp3) is 0.120. The number of aromatic carboxylic acids is 1. The summed E-state index contributed by atoms with van der Waals surface area (Å²) in [6, 6.07) is 11.8. The molecule has 11 nitrogen and oxygen atoms in total. The van der Waals surface area contributed by atoms with Crippen LogP contribution in [0.1, 0.15) is 27.3 Å². The van der Waals surface area contributed by atoms with Gasteiger partial charge in [-0.3, -0.25) is 29.9 Å². The van der Waals surface area contributed by atoms with Gasteiger partial charge in [0.2, 0.25) is 0 Å². The number of aryl methyl sites for hydroxylation is 1. The van der Waals surface area contributed by atoms with Crippen molar-refractivity contribution in [3.05, 3.63) is 86.7 Å². The van der Waals surface area contributed by atoms with Crippen molar-refractivity contribution in [3.63, 3.8) is 0 Å². The molecular weight excluding hydrogens is 500 g/mol. The van der Waals surface area contributed by atoms with Crippen molar-refractivity contribution in [2.24, 2.45) is 0 Å². The number of aromatic nitrogens is 1. The number of nitro groups is 1. The quantitative estimate of drug-likeness (QED) is 0.165. The Bertz CT molecular complexity index is 1540. The maximum Gasteiger partial charge on any atom is 0.335 e. The number of amides is 2. The van der Waals surface area contributed by atoms with Crippen molar-refractivity contribution in [1.82, 2.24) is 9.88 Å². The highest BCUT2D eigenvalue weighted by molar-refractivity contribution is 7.80. The molecule has 1 saturated heterocycles. The van der Waals surface area contributed by atoms with Gasteiger partial charge >= 0.3 is 5.97 Å². The van der Waals surface area contributed by atoms with Crippen LogP contribution >= 0.6 is 12.2 Å². The lowest BCUT2D eigenvalue weighted by Crippen LogP contribution is -2.54. The topological polar surface area (TPSA) is 144 Å². The first-order chi connectivity index (χ1) is 17.5. The first-order valence-electron chi connectivity index (χ1n) is 10.8. The zero-order chi connectivity index (χ0) is 27.0. The number of carbonyl (C=O) groups is 3. The molecule has 188 valence electrons. The molecular formula is C25H20N4O7S. The van der Waals surface area contributed by atoms with Crippen LogP contribution in [0.15, 0.2) is 54.1 Å². The smallest absolute Gasteiger partial charge is 0.335 e. The van der Waals surface area contributed by atoms with Gasteiger partial charge in [-0.1, -0.05) is 6.07 Å². The zero-order valence-corrected chi connectivity index (χ0v) is 20.7. The van der Waals surface area contributed by atoms with Crippen LogP contribution in [0.2, 0.25) is 0 Å². The number of carboxylic acid groups (broad SMARTS) is 1. The Morgan fingerprint density at radius 1 is 1.16 bits per heavy atom. The Morgan fingerprint density at radius 2 is 1.89 bits per heavy atom. The van der Waals surface area contributed by atoms with Crippen LogP contribution < -0.4 is 15.0 Å². The minimum absolute atomic E-state index is 0.0554. The molecule has 4 rings (SSSR count). The summed E-state index contributed by atoms with van der Waals surface area (Å²) in [5, 5.41) is 23.3. The van der Waals surface area contributed by atoms with Crippen LogP contribution in [0.5, 0.6) is 5.75 Å². The number of hydrogen-bond acceptors (Lipinski definition) is 7. The molecule has 2 N–H and O–H groups in total. The van der Waals surface area contributed by atoms with E-state index in [4.69, 9.17) is 17.0 Å². The van der Waals surface area contributed by atoms with E-state index < -0.39 is 22.7 Å². The number of rotatable bonds is 6. The van der Waals surface area contributed by atoms with Crippen LogP contribution in [0.3, 0.4) is 0 Å². The average Bonchev–Trinajstić information content (AvgIpc) is 3.13. The van der Waals surface area contributed by atoms with Gasteiger partial charge in [0.05, 0.1) is 29.4 Å². The highest BCUT2D eigenvalue weighted by Crippen LogP contribution is 2.32. The molecule has 2 aromatic carbocycles. The van der Waals surface area contributed by atoms with E-state index in [1.54, 1.807) is 36.6 Å². The van der Waals surface area contributed by atoms with Gasteiger partial charge in [-0.2, -0.15) is 0 Å². The summed E-state index contributed by atoms with van der Waals surface area (Å²) >= 11 is 5.18. The number of carbonyl (C=O) groups excluding carboxylic acids is 2. The van der Waals surface area contributed by atoms with Gasteiger partial charge in [-0.25, -0.2) is 4.79 Å². The SMILES string of the molecule is COc1ccc(-n2c(C)cc(C=C3C(=O)NC(=S)N(c4cccc(C(=O)O)c4)C3=O)c2C)c([N+](=O)[O-])c1. The van der Waals surface area contributed by atoms with Crippen LogP contribution in [-0.4, -0.2) is 44.6 Å². The molecule has 0 aliphatic carbocycles. The van der Waals surface area contributed by atoms with Crippen molar-refractivity contribution in [3.8, 4) is 11.4 Å². The van der Waals surface area contributed by atoms with Crippen LogP contribution in [-0.2, 0) is 9.59 Å². The lowest BCUT2D eigenvalue weighted by atomic mass is 10.1. The van der Waals surface area contributed by atoms with Gasteiger partial charge in [0.15, 0.2) is 5.11 Å².